The lowest BCUT2D eigenvalue weighted by Gasteiger charge is -2.02. The highest BCUT2D eigenvalue weighted by molar-refractivity contribution is 5.93. The average molecular weight is 281 g/mol. The summed E-state index contributed by atoms with van der Waals surface area (Å²) in [6, 6.07) is 27.2. The van der Waals surface area contributed by atoms with Gasteiger partial charge in [0.05, 0.1) is 11.2 Å². The van der Waals surface area contributed by atoms with Crippen molar-refractivity contribution in [2.45, 2.75) is 0 Å². The Balaban J connectivity index is 1.75. The van der Waals surface area contributed by atoms with E-state index in [1.165, 1.54) is 21.7 Å². The second-order valence-corrected chi connectivity index (χ2v) is 5.33. The Kier molecular flexibility index (Phi) is 3.17. The van der Waals surface area contributed by atoms with Gasteiger partial charge in [0.1, 0.15) is 0 Å². The minimum atomic E-state index is 0.978. The van der Waals surface area contributed by atoms with Crippen molar-refractivity contribution < 1.29 is 0 Å². The second kappa shape index (κ2) is 5.45. The van der Waals surface area contributed by atoms with E-state index in [2.05, 4.69) is 77.8 Å². The van der Waals surface area contributed by atoms with Crippen LogP contribution in [-0.2, 0) is 0 Å². The normalized spacial score (nSPS) is 11.5. The molecule has 0 aliphatic rings. The van der Waals surface area contributed by atoms with Crippen LogP contribution in [0.4, 0.5) is 0 Å². The molecule has 0 N–H and O–H groups in total. The lowest BCUT2D eigenvalue weighted by Crippen LogP contribution is -1.83. The molecular weight excluding hydrogens is 266 g/mol. The molecule has 0 unspecified atom stereocenters. The molecule has 1 aromatic heterocycles. The summed E-state index contributed by atoms with van der Waals surface area (Å²) >= 11 is 0. The summed E-state index contributed by atoms with van der Waals surface area (Å²) in [5, 5.41) is 3.70. The number of fused-ring (bicyclic) bond motifs is 2. The van der Waals surface area contributed by atoms with Gasteiger partial charge < -0.3 is 0 Å². The molecule has 1 nitrogen and oxygen atoms in total. The van der Waals surface area contributed by atoms with Crippen LogP contribution in [0.5, 0.6) is 0 Å². The Morgan fingerprint density at radius 2 is 1.36 bits per heavy atom. The van der Waals surface area contributed by atoms with E-state index in [-0.39, 0.29) is 0 Å². The maximum absolute atomic E-state index is 4.68. The van der Waals surface area contributed by atoms with E-state index >= 15 is 0 Å². The third kappa shape index (κ3) is 2.38. The molecule has 0 bridgehead atoms. The zero-order valence-electron chi connectivity index (χ0n) is 12.1. The summed E-state index contributed by atoms with van der Waals surface area (Å²) in [6.07, 6.45) is 4.22. The first-order chi connectivity index (χ1) is 10.9. The van der Waals surface area contributed by atoms with E-state index in [1.54, 1.807) is 0 Å². The molecule has 1 heteroatoms. The molecule has 4 rings (SSSR count). The van der Waals surface area contributed by atoms with Crippen LogP contribution in [0.25, 0.3) is 33.8 Å². The molecular formula is C21H15N. The molecule has 104 valence electrons. The molecule has 0 amide bonds. The number of hydrogen-bond acceptors (Lipinski definition) is 1. The van der Waals surface area contributed by atoms with Gasteiger partial charge in [-0.05, 0) is 34.5 Å². The topological polar surface area (TPSA) is 12.9 Å². The Morgan fingerprint density at radius 3 is 2.32 bits per heavy atom. The lowest BCUT2D eigenvalue weighted by molar-refractivity contribution is 1.37. The molecule has 22 heavy (non-hydrogen) atoms. The van der Waals surface area contributed by atoms with Crippen molar-refractivity contribution in [2.24, 2.45) is 0 Å². The summed E-state index contributed by atoms with van der Waals surface area (Å²) in [7, 11) is 0. The first kappa shape index (κ1) is 12.8. The van der Waals surface area contributed by atoms with Crippen molar-refractivity contribution in [3.63, 3.8) is 0 Å². The fraction of sp³-hybridized carbons (Fsp3) is 0. The van der Waals surface area contributed by atoms with E-state index in [1.807, 2.05) is 18.2 Å². The highest BCUT2D eigenvalue weighted by atomic mass is 14.7. The third-order valence-corrected chi connectivity index (χ3v) is 3.88. The zero-order valence-corrected chi connectivity index (χ0v) is 12.1. The molecule has 0 saturated carbocycles. The van der Waals surface area contributed by atoms with E-state index in [0.29, 0.717) is 0 Å². The maximum atomic E-state index is 4.68. The van der Waals surface area contributed by atoms with E-state index in [4.69, 9.17) is 0 Å². The van der Waals surface area contributed by atoms with Gasteiger partial charge in [-0.25, -0.2) is 4.98 Å². The predicted octanol–water partition coefficient (Wildman–Crippen LogP) is 5.56. The van der Waals surface area contributed by atoms with Crippen LogP contribution >= 0.6 is 0 Å². The molecule has 0 atom stereocenters. The quantitative estimate of drug-likeness (QED) is 0.469. The van der Waals surface area contributed by atoms with Crippen molar-refractivity contribution in [1.82, 2.24) is 4.98 Å². The second-order valence-electron chi connectivity index (χ2n) is 5.33. The first-order valence-electron chi connectivity index (χ1n) is 7.42. The monoisotopic (exact) mass is 281 g/mol. The zero-order chi connectivity index (χ0) is 14.8. The SMILES string of the molecule is C(=C\c1cccc2ccccc12)/c1ccc2ccccc2n1. The minimum Gasteiger partial charge on any atom is -0.248 e. The standard InChI is InChI=1S/C21H15N/c1-3-10-20-16(6-1)8-5-9-17(20)12-14-19-15-13-18-7-2-4-11-21(18)22-19/h1-15H/b14-12+. The molecule has 0 saturated heterocycles. The number of rotatable bonds is 2. The van der Waals surface area contributed by atoms with Gasteiger partial charge in [-0.1, -0.05) is 72.8 Å². The molecule has 0 spiro atoms. The van der Waals surface area contributed by atoms with Crippen LogP contribution in [-0.4, -0.2) is 4.98 Å². The van der Waals surface area contributed by atoms with Crippen LogP contribution in [0.2, 0.25) is 0 Å². The van der Waals surface area contributed by atoms with Crippen molar-refractivity contribution in [1.29, 1.82) is 0 Å². The van der Waals surface area contributed by atoms with Gasteiger partial charge in [-0.3, -0.25) is 0 Å². The molecule has 0 aliphatic heterocycles. The first-order valence-corrected chi connectivity index (χ1v) is 7.42. The van der Waals surface area contributed by atoms with E-state index in [0.717, 1.165) is 11.2 Å². The Bertz CT molecular complexity index is 978. The van der Waals surface area contributed by atoms with Gasteiger partial charge in [0.25, 0.3) is 0 Å². The summed E-state index contributed by atoms with van der Waals surface area (Å²) in [5.74, 6) is 0. The Labute approximate surface area is 129 Å². The predicted molar refractivity (Wildman–Crippen MR) is 94.6 cm³/mol. The van der Waals surface area contributed by atoms with Gasteiger partial charge in [0.15, 0.2) is 0 Å². The molecule has 4 aromatic rings. The van der Waals surface area contributed by atoms with Crippen molar-refractivity contribution in [3.8, 4) is 0 Å². The van der Waals surface area contributed by atoms with Gasteiger partial charge in [-0.15, -0.1) is 0 Å². The maximum Gasteiger partial charge on any atom is 0.0709 e. The molecule has 1 heterocycles. The Morgan fingerprint density at radius 1 is 0.591 bits per heavy atom. The molecule has 0 fully saturated rings. The Hall–Kier alpha value is -2.93. The van der Waals surface area contributed by atoms with Gasteiger partial charge in [-0.2, -0.15) is 0 Å². The number of pyridine rings is 1. The van der Waals surface area contributed by atoms with E-state index in [9.17, 15) is 0 Å². The van der Waals surface area contributed by atoms with Gasteiger partial charge in [0, 0.05) is 5.39 Å². The fourth-order valence-electron chi connectivity index (χ4n) is 2.75. The fourth-order valence-corrected chi connectivity index (χ4v) is 2.75. The highest BCUT2D eigenvalue weighted by Gasteiger charge is 1.98. The average Bonchev–Trinajstić information content (AvgIpc) is 2.60. The largest absolute Gasteiger partial charge is 0.248 e. The van der Waals surface area contributed by atoms with E-state index < -0.39 is 0 Å². The number of benzene rings is 3. The molecule has 0 radical (unpaired) electrons. The number of aromatic nitrogens is 1. The summed E-state index contributed by atoms with van der Waals surface area (Å²) < 4.78 is 0. The molecule has 0 aliphatic carbocycles. The van der Waals surface area contributed by atoms with Crippen molar-refractivity contribution in [2.75, 3.05) is 0 Å². The van der Waals surface area contributed by atoms with Crippen LogP contribution in [0, 0.1) is 0 Å². The molecule has 3 aromatic carbocycles. The van der Waals surface area contributed by atoms with Crippen LogP contribution in [0.3, 0.4) is 0 Å². The summed E-state index contributed by atoms with van der Waals surface area (Å²) in [4.78, 5) is 4.68. The summed E-state index contributed by atoms with van der Waals surface area (Å²) in [5.41, 5.74) is 3.22. The smallest absolute Gasteiger partial charge is 0.0709 e. The van der Waals surface area contributed by atoms with Gasteiger partial charge >= 0.3 is 0 Å². The number of para-hydroxylation sites is 1. The van der Waals surface area contributed by atoms with Crippen LogP contribution in [0.1, 0.15) is 11.3 Å². The minimum absolute atomic E-state index is 0.978. The van der Waals surface area contributed by atoms with Crippen molar-refractivity contribution in [3.05, 3.63) is 90.1 Å². The number of hydrogen-bond donors (Lipinski definition) is 0. The van der Waals surface area contributed by atoms with Crippen LogP contribution in [0.15, 0.2) is 78.9 Å². The van der Waals surface area contributed by atoms with Crippen molar-refractivity contribution >= 4 is 33.8 Å². The third-order valence-electron chi connectivity index (χ3n) is 3.88. The van der Waals surface area contributed by atoms with Gasteiger partial charge in [0.2, 0.25) is 0 Å². The van der Waals surface area contributed by atoms with Crippen LogP contribution < -0.4 is 0 Å². The highest BCUT2D eigenvalue weighted by Crippen LogP contribution is 2.21. The lowest BCUT2D eigenvalue weighted by atomic mass is 10.0. The number of nitrogens with zero attached hydrogens (tertiary/aromatic N) is 1. The summed E-state index contributed by atoms with van der Waals surface area (Å²) in [6.45, 7) is 0.